The van der Waals surface area contributed by atoms with Gasteiger partial charge in [-0.3, -0.25) is 4.79 Å². The summed E-state index contributed by atoms with van der Waals surface area (Å²) in [5, 5.41) is 0. The van der Waals surface area contributed by atoms with Crippen molar-refractivity contribution in [2.75, 3.05) is 40.4 Å². The van der Waals surface area contributed by atoms with Crippen molar-refractivity contribution in [1.29, 1.82) is 0 Å². The number of hydrogen-bond donors (Lipinski definition) is 0. The van der Waals surface area contributed by atoms with E-state index in [9.17, 15) is 9.59 Å². The van der Waals surface area contributed by atoms with E-state index in [4.69, 9.17) is 18.9 Å². The number of nitrogens with zero attached hydrogens (tertiary/aromatic N) is 2. The molecular weight excluding hydrogens is 580 g/mol. The van der Waals surface area contributed by atoms with Crippen molar-refractivity contribution >= 4 is 12.0 Å². The molecule has 2 amide bonds. The van der Waals surface area contributed by atoms with Gasteiger partial charge in [-0.05, 0) is 128 Å². The Morgan fingerprint density at radius 1 is 0.913 bits per heavy atom. The molecule has 8 nitrogen and oxygen atoms in total. The van der Waals surface area contributed by atoms with Crippen LogP contribution in [0.15, 0.2) is 0 Å². The number of carbonyl (C=O) groups excluding carboxylic acids is 2. The Morgan fingerprint density at radius 2 is 1.70 bits per heavy atom. The summed E-state index contributed by atoms with van der Waals surface area (Å²) in [4.78, 5) is 28.5. The van der Waals surface area contributed by atoms with Crippen LogP contribution in [0.4, 0.5) is 4.79 Å². The lowest BCUT2D eigenvalue weighted by atomic mass is 9.46. The van der Waals surface area contributed by atoms with Crippen LogP contribution in [0, 0.1) is 57.2 Å². The second-order valence-corrected chi connectivity index (χ2v) is 18.1. The second-order valence-electron chi connectivity index (χ2n) is 18.1. The third-order valence-electron chi connectivity index (χ3n) is 15.9. The summed E-state index contributed by atoms with van der Waals surface area (Å²) in [5.74, 6) is 4.49. The maximum absolute atomic E-state index is 12.9. The van der Waals surface area contributed by atoms with E-state index >= 15 is 0 Å². The summed E-state index contributed by atoms with van der Waals surface area (Å²) in [6, 6.07) is 0. The van der Waals surface area contributed by atoms with Crippen LogP contribution in [0.25, 0.3) is 0 Å². The lowest BCUT2D eigenvalue weighted by Crippen LogP contribution is -2.56. The first-order valence-corrected chi connectivity index (χ1v) is 19.0. The zero-order chi connectivity index (χ0) is 32.2. The van der Waals surface area contributed by atoms with Crippen LogP contribution in [0.3, 0.4) is 0 Å². The second kappa shape index (κ2) is 11.1. The molecule has 12 atom stereocenters. The highest BCUT2D eigenvalue weighted by atomic mass is 16.7. The Morgan fingerprint density at radius 3 is 2.46 bits per heavy atom. The van der Waals surface area contributed by atoms with Crippen LogP contribution >= 0.6 is 0 Å². The van der Waals surface area contributed by atoms with Crippen molar-refractivity contribution < 1.29 is 28.5 Å². The molecule has 8 aliphatic rings. The van der Waals surface area contributed by atoms with Gasteiger partial charge in [0.2, 0.25) is 5.91 Å². The monoisotopic (exact) mass is 640 g/mol. The first-order valence-electron chi connectivity index (χ1n) is 19.0. The Labute approximate surface area is 276 Å². The Kier molecular flexibility index (Phi) is 7.66. The topological polar surface area (TPSA) is 77.5 Å². The van der Waals surface area contributed by atoms with Crippen LogP contribution in [0.1, 0.15) is 105 Å². The molecule has 2 spiro atoms. The number of hydrogen-bond acceptors (Lipinski definition) is 6. The van der Waals surface area contributed by atoms with Crippen LogP contribution in [0.2, 0.25) is 0 Å². The highest BCUT2D eigenvalue weighted by molar-refractivity contribution is 5.76. The molecule has 0 aromatic carbocycles. The molecule has 8 fully saturated rings. The van der Waals surface area contributed by atoms with E-state index in [2.05, 4.69) is 27.7 Å². The van der Waals surface area contributed by atoms with Gasteiger partial charge in [-0.1, -0.05) is 27.7 Å². The maximum Gasteiger partial charge on any atom is 0.409 e. The van der Waals surface area contributed by atoms with Gasteiger partial charge in [0.25, 0.3) is 0 Å². The number of morpholine rings is 1. The van der Waals surface area contributed by atoms with Crippen molar-refractivity contribution in [1.82, 2.24) is 9.80 Å². The highest BCUT2D eigenvalue weighted by Gasteiger charge is 2.84. The molecule has 2 saturated heterocycles. The van der Waals surface area contributed by atoms with Gasteiger partial charge in [0, 0.05) is 27.1 Å². The minimum atomic E-state index is -0.301. The molecule has 6 saturated carbocycles. The van der Waals surface area contributed by atoms with Gasteiger partial charge in [0.15, 0.2) is 6.29 Å². The van der Waals surface area contributed by atoms with Crippen LogP contribution in [-0.2, 0) is 23.7 Å². The third kappa shape index (κ3) is 4.60. The molecule has 0 bridgehead atoms. The van der Waals surface area contributed by atoms with Crippen molar-refractivity contribution in [2.24, 2.45) is 57.2 Å². The number of fused-ring (bicyclic) bond motifs is 4. The van der Waals surface area contributed by atoms with Crippen molar-refractivity contribution in [3.8, 4) is 0 Å². The summed E-state index contributed by atoms with van der Waals surface area (Å²) < 4.78 is 25.3. The lowest BCUT2D eigenvalue weighted by Gasteiger charge is -2.59. The van der Waals surface area contributed by atoms with E-state index in [-0.39, 0.29) is 35.9 Å². The van der Waals surface area contributed by atoms with Gasteiger partial charge in [0.05, 0.1) is 31.5 Å². The molecule has 0 radical (unpaired) electrons. The fourth-order valence-corrected chi connectivity index (χ4v) is 13.5. The lowest BCUT2D eigenvalue weighted by molar-refractivity contribution is -0.244. The average molecular weight is 641 g/mol. The molecule has 5 unspecified atom stereocenters. The van der Waals surface area contributed by atoms with E-state index in [1.165, 1.54) is 62.7 Å². The molecule has 46 heavy (non-hydrogen) atoms. The number of rotatable bonds is 6. The fourth-order valence-electron chi connectivity index (χ4n) is 13.5. The summed E-state index contributed by atoms with van der Waals surface area (Å²) >= 11 is 0. The Hall–Kier alpha value is -1.38. The molecule has 0 aromatic heterocycles. The van der Waals surface area contributed by atoms with E-state index < -0.39 is 0 Å². The maximum atomic E-state index is 12.9. The Bertz CT molecular complexity index is 1220. The number of carbonyl (C=O) groups is 2. The van der Waals surface area contributed by atoms with Crippen molar-refractivity contribution in [3.05, 3.63) is 0 Å². The molecule has 2 aliphatic heterocycles. The predicted octanol–water partition coefficient (Wildman–Crippen LogP) is 6.51. The van der Waals surface area contributed by atoms with E-state index in [0.717, 1.165) is 30.6 Å². The first kappa shape index (κ1) is 31.9. The van der Waals surface area contributed by atoms with Gasteiger partial charge in [-0.25, -0.2) is 4.79 Å². The molecule has 8 heteroatoms. The van der Waals surface area contributed by atoms with Gasteiger partial charge in [-0.2, -0.15) is 0 Å². The molecule has 8 rings (SSSR count). The molecule has 2 heterocycles. The van der Waals surface area contributed by atoms with Crippen LogP contribution in [0.5, 0.6) is 0 Å². The minimum absolute atomic E-state index is 0.0254. The van der Waals surface area contributed by atoms with E-state index in [1.54, 1.807) is 14.1 Å². The number of ether oxygens (including phenoxy) is 4. The van der Waals surface area contributed by atoms with E-state index in [1.807, 2.05) is 4.90 Å². The quantitative estimate of drug-likeness (QED) is 0.330. The molecular formula is C38H60N2O6. The summed E-state index contributed by atoms with van der Waals surface area (Å²) in [6.07, 6.45) is 14.1. The van der Waals surface area contributed by atoms with Gasteiger partial charge < -0.3 is 28.7 Å². The minimum Gasteiger partial charge on any atom is -0.447 e. The predicted molar refractivity (Wildman–Crippen MR) is 174 cm³/mol. The highest BCUT2D eigenvalue weighted by Crippen LogP contribution is 2.89. The van der Waals surface area contributed by atoms with E-state index in [0.29, 0.717) is 72.8 Å². The van der Waals surface area contributed by atoms with Crippen molar-refractivity contribution in [3.63, 3.8) is 0 Å². The van der Waals surface area contributed by atoms with Gasteiger partial charge in [-0.15, -0.1) is 0 Å². The zero-order valence-corrected chi connectivity index (χ0v) is 29.4. The van der Waals surface area contributed by atoms with Crippen LogP contribution < -0.4 is 0 Å². The van der Waals surface area contributed by atoms with Crippen molar-refractivity contribution in [2.45, 2.75) is 129 Å². The van der Waals surface area contributed by atoms with Crippen LogP contribution in [-0.4, -0.2) is 86.8 Å². The molecule has 258 valence electrons. The largest absolute Gasteiger partial charge is 0.447 e. The fraction of sp³-hybridized carbons (Fsp3) is 0.947. The third-order valence-corrected chi connectivity index (χ3v) is 15.9. The number of amides is 2. The zero-order valence-electron chi connectivity index (χ0n) is 29.4. The smallest absolute Gasteiger partial charge is 0.409 e. The summed E-state index contributed by atoms with van der Waals surface area (Å²) in [6.45, 7) is 12.5. The standard InChI is InChI=1S/C38H60N2O6/c1-23-37-16-15-36(4)27-10-9-25(22-44-34(42)39(5)6)45-29(27)20-28(36)26(37)11-12-30-35(2,3)31(13-14-38(23,30)37)46-33-21-40(17-18-43-33)32(41)19-24-7-8-24/h23-31,33H,7-22H2,1-6H3/t23-,25+,26-,27?,28?,29+,30?,31-,33?,36+,37-,38?/m0/s1. The first-order chi connectivity index (χ1) is 21.9. The Balaban J connectivity index is 0.948. The van der Waals surface area contributed by atoms with Gasteiger partial charge in [0.1, 0.15) is 6.61 Å². The average Bonchev–Trinajstić information content (AvgIpc) is 3.91. The SMILES string of the molecule is C[C@@H]1C23CC[C@H](OC4CN(C(=O)CC5CC5)CCO4)C(C)(C)C2CC[C@H]2C4C[C@H]5O[C@@H](COC(=O)N(C)C)CCC5[C@@]4(C)CC[C@]123. The normalized spacial score (nSPS) is 48.7. The summed E-state index contributed by atoms with van der Waals surface area (Å²) in [5.41, 5.74) is 1.33. The summed E-state index contributed by atoms with van der Waals surface area (Å²) in [7, 11) is 3.47. The molecule has 0 aromatic rings. The molecule has 0 N–H and O–H groups in total. The van der Waals surface area contributed by atoms with Gasteiger partial charge >= 0.3 is 6.09 Å². The molecule has 6 aliphatic carbocycles.